The van der Waals surface area contributed by atoms with Crippen LogP contribution in [-0.4, -0.2) is 20.9 Å². The Kier molecular flexibility index (Phi) is 4.69. The lowest BCUT2D eigenvalue weighted by Crippen LogP contribution is -2.27. The molecule has 2 heterocycles. The van der Waals surface area contributed by atoms with Crippen molar-refractivity contribution in [3.05, 3.63) is 58.9 Å². The minimum absolute atomic E-state index is 0.0195. The summed E-state index contributed by atoms with van der Waals surface area (Å²) in [5.74, 6) is 5.53. The summed E-state index contributed by atoms with van der Waals surface area (Å²) < 4.78 is 24.0. The van der Waals surface area contributed by atoms with E-state index in [1.54, 1.807) is 0 Å². The van der Waals surface area contributed by atoms with Gasteiger partial charge in [-0.15, -0.1) is 0 Å². The Balaban J connectivity index is 1.89. The fourth-order valence-corrected chi connectivity index (χ4v) is 4.41. The van der Waals surface area contributed by atoms with Gasteiger partial charge >= 0.3 is 5.97 Å². The van der Waals surface area contributed by atoms with Gasteiger partial charge in [-0.3, -0.25) is 4.21 Å². The number of benzene rings is 1. The number of aromatic nitrogens is 1. The van der Waals surface area contributed by atoms with E-state index in [0.717, 1.165) is 22.4 Å². The predicted octanol–water partition coefficient (Wildman–Crippen LogP) is 3.31. The van der Waals surface area contributed by atoms with Gasteiger partial charge in [0, 0.05) is 26.9 Å². The molecule has 4 nitrogen and oxygen atoms in total. The molecule has 128 valence electrons. The normalized spacial score (nSPS) is 17.8. The van der Waals surface area contributed by atoms with E-state index >= 15 is 0 Å². The van der Waals surface area contributed by atoms with E-state index in [0.29, 0.717) is 11.4 Å². The van der Waals surface area contributed by atoms with Crippen molar-refractivity contribution in [3.63, 3.8) is 0 Å². The van der Waals surface area contributed by atoms with Gasteiger partial charge in [0.05, 0.1) is 16.4 Å². The predicted molar refractivity (Wildman–Crippen MR) is 92.1 cm³/mol. The van der Waals surface area contributed by atoms with Crippen LogP contribution in [0.2, 0.25) is 0 Å². The molecular weight excluding hydrogens is 341 g/mol. The van der Waals surface area contributed by atoms with Gasteiger partial charge in [-0.25, -0.2) is 14.7 Å². The van der Waals surface area contributed by atoms with Gasteiger partial charge in [-0.2, -0.15) is 0 Å². The second kappa shape index (κ2) is 6.77. The third kappa shape index (κ3) is 3.62. The van der Waals surface area contributed by atoms with Crippen LogP contribution in [0.4, 0.5) is 4.53 Å². The first kappa shape index (κ1) is 17.3. The molecule has 3 rings (SSSR count). The Hall–Kier alpha value is -2.52. The zero-order valence-electron chi connectivity index (χ0n) is 13.8. The van der Waals surface area contributed by atoms with Crippen LogP contribution in [0.1, 0.15) is 47.4 Å². The maximum absolute atomic E-state index is 12.2. The van der Waals surface area contributed by atoms with Crippen LogP contribution in [0.5, 0.6) is 0 Å². The van der Waals surface area contributed by atoms with E-state index in [9.17, 15) is 13.5 Å². The lowest BCUT2D eigenvalue weighted by atomic mass is 9.81. The number of fused-ring (bicyclic) bond motifs is 1. The average molecular weight is 357 g/mol. The number of pyridine rings is 1. The van der Waals surface area contributed by atoms with Crippen molar-refractivity contribution in [3.8, 4) is 11.8 Å². The van der Waals surface area contributed by atoms with Crippen molar-refractivity contribution in [1.29, 1.82) is 0 Å². The molecule has 0 fully saturated rings. The molecule has 1 aromatic carbocycles. The molecule has 0 saturated carbocycles. The van der Waals surface area contributed by atoms with E-state index in [2.05, 4.69) is 35.6 Å². The van der Waals surface area contributed by atoms with Crippen molar-refractivity contribution < 1.29 is 18.5 Å². The molecule has 1 aliphatic heterocycles. The van der Waals surface area contributed by atoms with Crippen LogP contribution in [0.25, 0.3) is 0 Å². The Morgan fingerprint density at radius 2 is 2.08 bits per heavy atom. The second-order valence-electron chi connectivity index (χ2n) is 6.44. The van der Waals surface area contributed by atoms with Crippen LogP contribution in [0.15, 0.2) is 41.4 Å². The number of rotatable bonds is 1. The van der Waals surface area contributed by atoms with Crippen LogP contribution < -0.4 is 0 Å². The first-order valence-electron chi connectivity index (χ1n) is 7.74. The maximum atomic E-state index is 12.2. The zero-order chi connectivity index (χ0) is 18.0. The molecule has 1 unspecified atom stereocenters. The molecule has 25 heavy (non-hydrogen) atoms. The summed E-state index contributed by atoms with van der Waals surface area (Å²) in [5, 5.41) is 0. The van der Waals surface area contributed by atoms with Crippen LogP contribution in [0.3, 0.4) is 0 Å². The molecule has 0 spiro atoms. The Labute approximate surface area is 147 Å². The molecule has 2 aromatic rings. The van der Waals surface area contributed by atoms with Crippen molar-refractivity contribution in [1.82, 2.24) is 4.98 Å². The molecule has 0 bridgehead atoms. The number of halogens is 1. The number of hydrogen-bond acceptors (Lipinski definition) is 4. The molecule has 1 aromatic heterocycles. The van der Waals surface area contributed by atoms with Crippen molar-refractivity contribution >= 4 is 16.8 Å². The van der Waals surface area contributed by atoms with Crippen molar-refractivity contribution in [2.45, 2.75) is 30.6 Å². The molecule has 0 aliphatic carbocycles. The first-order chi connectivity index (χ1) is 11.9. The van der Waals surface area contributed by atoms with E-state index in [1.165, 1.54) is 18.3 Å². The summed E-state index contributed by atoms with van der Waals surface area (Å²) in [7, 11) is -0.953. The monoisotopic (exact) mass is 357 g/mol. The van der Waals surface area contributed by atoms with Gasteiger partial charge in [-0.1, -0.05) is 19.8 Å². The van der Waals surface area contributed by atoms with E-state index in [-0.39, 0.29) is 11.0 Å². The topological polar surface area (TPSA) is 56.3 Å². The average Bonchev–Trinajstić information content (AvgIpc) is 2.63. The lowest BCUT2D eigenvalue weighted by molar-refractivity contribution is -0.0788. The second-order valence-corrected chi connectivity index (χ2v) is 7.98. The number of hydrogen-bond donors (Lipinski definition) is 0. The third-order valence-corrected chi connectivity index (χ3v) is 5.69. The summed E-state index contributed by atoms with van der Waals surface area (Å²) in [6.07, 6.45) is 2.09. The highest BCUT2D eigenvalue weighted by atomic mass is 32.2. The lowest BCUT2D eigenvalue weighted by Gasteiger charge is -2.31. The number of nitrogens with zero attached hydrogens (tertiary/aromatic N) is 1. The minimum atomic E-state index is -1.09. The van der Waals surface area contributed by atoms with Gasteiger partial charge in [0.25, 0.3) is 0 Å². The first-order valence-corrected chi connectivity index (χ1v) is 9.06. The third-order valence-electron chi connectivity index (χ3n) is 4.27. The number of carbonyl (C=O) groups excluding carboxylic acids is 1. The van der Waals surface area contributed by atoms with E-state index < -0.39 is 16.8 Å². The van der Waals surface area contributed by atoms with Crippen molar-refractivity contribution in [2.24, 2.45) is 0 Å². The minimum Gasteiger partial charge on any atom is -0.254 e. The molecule has 0 N–H and O–H groups in total. The molecular formula is C19H16FNO3S. The highest BCUT2D eigenvalue weighted by Crippen LogP contribution is 2.37. The van der Waals surface area contributed by atoms with Gasteiger partial charge in [0.2, 0.25) is 0 Å². The molecule has 1 atom stereocenters. The summed E-state index contributed by atoms with van der Waals surface area (Å²) in [5.41, 5.74) is 2.31. The molecule has 1 aliphatic rings. The Morgan fingerprint density at radius 1 is 1.28 bits per heavy atom. The van der Waals surface area contributed by atoms with E-state index in [1.807, 2.05) is 18.2 Å². The Morgan fingerprint density at radius 3 is 2.76 bits per heavy atom. The van der Waals surface area contributed by atoms with Gasteiger partial charge in [0.15, 0.2) is 0 Å². The van der Waals surface area contributed by atoms with Crippen LogP contribution in [0, 0.1) is 11.8 Å². The van der Waals surface area contributed by atoms with Gasteiger partial charge in [0.1, 0.15) is 5.69 Å². The standard InChI is InChI=1S/C19H16FNO3S/c1-19(2)9-10-25(23)17-8-4-13(11-16(17)19)3-6-15-7-5-14(12-21-15)18(22)24-20/h4-5,7-8,11-12H,9-10H2,1-2H3. The summed E-state index contributed by atoms with van der Waals surface area (Å²) in [6, 6.07) is 8.63. The quantitative estimate of drug-likeness (QED) is 0.735. The van der Waals surface area contributed by atoms with Gasteiger partial charge in [-0.05, 0) is 53.7 Å². The van der Waals surface area contributed by atoms with Crippen LogP contribution >= 0.6 is 0 Å². The largest absolute Gasteiger partial charge is 0.381 e. The van der Waals surface area contributed by atoms with Gasteiger partial charge < -0.3 is 0 Å². The number of carbonyl (C=O) groups is 1. The van der Waals surface area contributed by atoms with E-state index in [4.69, 9.17) is 0 Å². The molecule has 6 heteroatoms. The fraction of sp³-hybridized carbons (Fsp3) is 0.263. The molecule has 0 amide bonds. The summed E-state index contributed by atoms with van der Waals surface area (Å²) >= 11 is 0. The molecule has 0 radical (unpaired) electrons. The highest BCUT2D eigenvalue weighted by Gasteiger charge is 2.31. The Bertz CT molecular complexity index is 911. The summed E-state index contributed by atoms with van der Waals surface area (Å²) in [6.45, 7) is 4.28. The van der Waals surface area contributed by atoms with Crippen molar-refractivity contribution in [2.75, 3.05) is 5.75 Å². The maximum Gasteiger partial charge on any atom is 0.381 e. The smallest absolute Gasteiger partial charge is 0.254 e. The highest BCUT2D eigenvalue weighted by molar-refractivity contribution is 7.85. The zero-order valence-corrected chi connectivity index (χ0v) is 14.7. The molecule has 0 saturated heterocycles. The summed E-state index contributed by atoms with van der Waals surface area (Å²) in [4.78, 5) is 19.1. The SMILES string of the molecule is CC1(C)CCS(=O)c2ccc(C#Cc3ccc(C(=O)OF)cn3)cc21. The van der Waals surface area contributed by atoms with Crippen LogP contribution in [-0.2, 0) is 21.2 Å². The fourth-order valence-electron chi connectivity index (χ4n) is 2.70.